The number of amides is 2. The smallest absolute Gasteiger partial charge is 0.335 e. The van der Waals surface area contributed by atoms with Crippen LogP contribution >= 0.6 is 31.9 Å². The molecule has 0 aromatic heterocycles. The van der Waals surface area contributed by atoms with Crippen LogP contribution in [0.1, 0.15) is 63.7 Å². The van der Waals surface area contributed by atoms with Crippen molar-refractivity contribution in [2.75, 3.05) is 28.3 Å². The third-order valence-electron chi connectivity index (χ3n) is 8.96. The molecular weight excluding hydrogens is 876 g/mol. The van der Waals surface area contributed by atoms with Gasteiger partial charge in [-0.15, -0.1) is 0 Å². The van der Waals surface area contributed by atoms with E-state index in [1.807, 2.05) is 113 Å². The molecule has 0 saturated carbocycles. The van der Waals surface area contributed by atoms with Gasteiger partial charge in [0, 0.05) is 39.7 Å². The van der Waals surface area contributed by atoms with Gasteiger partial charge in [0.1, 0.15) is 6.29 Å². The van der Waals surface area contributed by atoms with Gasteiger partial charge in [-0.3, -0.25) is 24.1 Å². The summed E-state index contributed by atoms with van der Waals surface area (Å²) in [5.74, 6) is -1.19. The first-order valence-electron chi connectivity index (χ1n) is 18.3. The van der Waals surface area contributed by atoms with Crippen molar-refractivity contribution in [2.45, 2.75) is 27.7 Å². The number of hydroxylamine groups is 4. The van der Waals surface area contributed by atoms with Gasteiger partial charge < -0.3 is 5.11 Å². The Labute approximate surface area is 363 Å². The summed E-state index contributed by atoms with van der Waals surface area (Å²) in [4.78, 5) is 54.4. The number of halogens is 2. The van der Waals surface area contributed by atoms with Gasteiger partial charge in [0.2, 0.25) is 0 Å². The molecule has 59 heavy (non-hydrogen) atoms. The first-order chi connectivity index (χ1) is 28.1. The molecule has 6 rings (SSSR count). The van der Waals surface area contributed by atoms with Crippen LogP contribution in [0.15, 0.2) is 142 Å². The summed E-state index contributed by atoms with van der Waals surface area (Å²) >= 11 is 6.66. The molecule has 0 aliphatic carbocycles. The van der Waals surface area contributed by atoms with E-state index in [0.717, 1.165) is 54.2 Å². The van der Waals surface area contributed by atoms with Gasteiger partial charge in [0.05, 0.1) is 19.8 Å². The Balaban J connectivity index is 0.000000214. The molecule has 0 saturated heterocycles. The number of carboxylic acid groups (broad SMARTS) is 1. The van der Waals surface area contributed by atoms with E-state index >= 15 is 0 Å². The van der Waals surface area contributed by atoms with Crippen LogP contribution in [0.2, 0.25) is 0 Å². The van der Waals surface area contributed by atoms with Crippen molar-refractivity contribution in [3.05, 3.63) is 187 Å². The van der Waals surface area contributed by atoms with Crippen LogP contribution in [0.25, 0.3) is 22.3 Å². The number of aromatic carboxylic acids is 1. The topological polar surface area (TPSA) is 113 Å². The molecule has 0 aliphatic rings. The Bertz CT molecular complexity index is 2350. The molecule has 0 atom stereocenters. The van der Waals surface area contributed by atoms with E-state index < -0.39 is 5.97 Å². The predicted molar refractivity (Wildman–Crippen MR) is 242 cm³/mol. The predicted octanol–water partition coefficient (Wildman–Crippen LogP) is 11.6. The van der Waals surface area contributed by atoms with Crippen LogP contribution in [0.4, 0.5) is 0 Å². The maximum absolute atomic E-state index is 12.0. The molecule has 1 N–H and O–H groups in total. The largest absolute Gasteiger partial charge is 0.478 e. The Morgan fingerprint density at radius 2 is 0.898 bits per heavy atom. The highest BCUT2D eigenvalue weighted by Crippen LogP contribution is 2.25. The Hall–Kier alpha value is -5.72. The molecule has 0 aliphatic heterocycles. The van der Waals surface area contributed by atoms with Crippen molar-refractivity contribution in [1.29, 1.82) is 0 Å². The number of rotatable bonds is 8. The average molecular weight is 925 g/mol. The van der Waals surface area contributed by atoms with Crippen molar-refractivity contribution in [2.24, 2.45) is 0 Å². The fraction of sp³-hybridized carbons (Fsp3) is 0.167. The van der Waals surface area contributed by atoms with Crippen molar-refractivity contribution < 1.29 is 34.0 Å². The van der Waals surface area contributed by atoms with Gasteiger partial charge in [-0.25, -0.2) is 14.9 Å². The number of hydrogen-bond donors (Lipinski definition) is 1. The molecule has 0 radical (unpaired) electrons. The van der Waals surface area contributed by atoms with Gasteiger partial charge in [0.15, 0.2) is 0 Å². The minimum Gasteiger partial charge on any atom is -0.478 e. The zero-order valence-electron chi connectivity index (χ0n) is 34.3. The second-order valence-corrected chi connectivity index (χ2v) is 14.9. The molecule has 0 heterocycles. The standard InChI is InChI=1S/C16H17NO2.C14H12O.C10H12BrNO2.C8H7BrO2/c1-12-11-14(16(18)17(2)19-3)9-10-15(12)13-7-5-4-6-8-13;1-11-9-12(10-15)7-8-14(11)13-5-3-2-4-6-13;1-7-6-8(4-5-9(7)11)10(13)12(2)14-3;1-5-4-6(8(10)11)2-3-7(5)9/h4-11H,1-3H3;2-10H,1H3;4-6H,1-3H3;2-4H,1H3,(H,10,11). The maximum Gasteiger partial charge on any atom is 0.335 e. The third-order valence-corrected chi connectivity index (χ3v) is 10.7. The molecule has 6 aromatic carbocycles. The number of benzene rings is 6. The Morgan fingerprint density at radius 3 is 1.27 bits per heavy atom. The summed E-state index contributed by atoms with van der Waals surface area (Å²) in [5, 5.41) is 11.0. The second-order valence-electron chi connectivity index (χ2n) is 13.2. The van der Waals surface area contributed by atoms with E-state index in [1.54, 1.807) is 38.4 Å². The number of aryl methyl sites for hydroxylation is 4. The van der Waals surface area contributed by atoms with E-state index in [2.05, 4.69) is 56.1 Å². The fourth-order valence-corrected chi connectivity index (χ4v) is 6.02. The molecule has 0 fully saturated rings. The zero-order chi connectivity index (χ0) is 43.6. The summed E-state index contributed by atoms with van der Waals surface area (Å²) in [6.07, 6.45) is 0.877. The highest BCUT2D eigenvalue weighted by Gasteiger charge is 2.13. The summed E-state index contributed by atoms with van der Waals surface area (Å²) in [6.45, 7) is 7.82. The van der Waals surface area contributed by atoms with Gasteiger partial charge in [0.25, 0.3) is 11.8 Å². The monoisotopic (exact) mass is 922 g/mol. The van der Waals surface area contributed by atoms with E-state index in [9.17, 15) is 19.2 Å². The van der Waals surface area contributed by atoms with E-state index in [-0.39, 0.29) is 11.8 Å². The van der Waals surface area contributed by atoms with E-state index in [0.29, 0.717) is 16.7 Å². The first kappa shape index (κ1) is 47.7. The van der Waals surface area contributed by atoms with Crippen LogP contribution in [-0.4, -0.2) is 67.6 Å². The maximum atomic E-state index is 12.0. The van der Waals surface area contributed by atoms with Crippen molar-refractivity contribution in [3.8, 4) is 22.3 Å². The molecule has 0 unspecified atom stereocenters. The zero-order valence-corrected chi connectivity index (χ0v) is 37.5. The van der Waals surface area contributed by atoms with Crippen molar-refractivity contribution >= 4 is 55.9 Å². The number of carbonyl (C=O) groups excluding carboxylic acids is 3. The van der Waals surface area contributed by atoms with Crippen LogP contribution in [0, 0.1) is 27.7 Å². The van der Waals surface area contributed by atoms with Gasteiger partial charge in [-0.2, -0.15) is 0 Å². The molecule has 306 valence electrons. The van der Waals surface area contributed by atoms with Gasteiger partial charge in [-0.1, -0.05) is 111 Å². The van der Waals surface area contributed by atoms with Crippen LogP contribution in [0.5, 0.6) is 0 Å². The summed E-state index contributed by atoms with van der Waals surface area (Å²) in [7, 11) is 6.12. The van der Waals surface area contributed by atoms with Crippen molar-refractivity contribution in [1.82, 2.24) is 10.1 Å². The fourth-order valence-electron chi connectivity index (χ4n) is 5.52. The van der Waals surface area contributed by atoms with Crippen LogP contribution in [0.3, 0.4) is 0 Å². The molecule has 6 aromatic rings. The van der Waals surface area contributed by atoms with E-state index in [1.165, 1.54) is 35.5 Å². The second kappa shape index (κ2) is 23.6. The minimum absolute atomic E-state index is 0.148. The SMILES string of the molecule is CON(C)C(=O)c1ccc(-c2ccccc2)c(C)c1.CON(C)C(=O)c1ccc(Br)c(C)c1.Cc1cc(C(=O)O)ccc1Br.Cc1cc(C=O)ccc1-c1ccccc1. The number of carbonyl (C=O) groups is 4. The van der Waals surface area contributed by atoms with Gasteiger partial charge in [-0.05, 0) is 127 Å². The van der Waals surface area contributed by atoms with E-state index in [4.69, 9.17) is 14.8 Å². The summed E-state index contributed by atoms with van der Waals surface area (Å²) in [5.41, 5.74) is 11.1. The molecule has 0 spiro atoms. The first-order valence-corrected chi connectivity index (χ1v) is 19.9. The molecule has 0 bridgehead atoms. The number of aldehydes is 1. The van der Waals surface area contributed by atoms with Crippen LogP contribution < -0.4 is 0 Å². The molecule has 9 nitrogen and oxygen atoms in total. The molecular formula is C48H48Br2N2O7. The number of nitrogens with zero attached hydrogens (tertiary/aromatic N) is 2. The molecule has 11 heteroatoms. The highest BCUT2D eigenvalue weighted by molar-refractivity contribution is 9.10. The lowest BCUT2D eigenvalue weighted by atomic mass is 9.98. The van der Waals surface area contributed by atoms with Crippen molar-refractivity contribution in [3.63, 3.8) is 0 Å². The lowest BCUT2D eigenvalue weighted by Gasteiger charge is -2.15. The van der Waals surface area contributed by atoms with Crippen LogP contribution in [-0.2, 0) is 9.68 Å². The Morgan fingerprint density at radius 1 is 0.525 bits per heavy atom. The minimum atomic E-state index is -0.888. The highest BCUT2D eigenvalue weighted by atomic mass is 79.9. The Kier molecular flexibility index (Phi) is 19.1. The lowest BCUT2D eigenvalue weighted by Crippen LogP contribution is -2.25. The summed E-state index contributed by atoms with van der Waals surface area (Å²) < 4.78 is 1.93. The number of carboxylic acids is 1. The van der Waals surface area contributed by atoms with Gasteiger partial charge >= 0.3 is 5.97 Å². The quantitative estimate of drug-likeness (QED) is 0.119. The lowest BCUT2D eigenvalue weighted by molar-refractivity contribution is -0.0757. The number of hydrogen-bond acceptors (Lipinski definition) is 6. The average Bonchev–Trinajstić information content (AvgIpc) is 3.25. The summed E-state index contributed by atoms with van der Waals surface area (Å²) in [6, 6.07) is 42.1. The third kappa shape index (κ3) is 14.3. The normalized spacial score (nSPS) is 10.0. The molecule has 2 amide bonds.